The Bertz CT molecular complexity index is 680. The summed E-state index contributed by atoms with van der Waals surface area (Å²) < 4.78 is 0. The molecule has 0 radical (unpaired) electrons. The number of rotatable bonds is 8. The van der Waals surface area contributed by atoms with Crippen LogP contribution in [0.25, 0.3) is 11.1 Å². The molecule has 1 fully saturated rings. The van der Waals surface area contributed by atoms with E-state index in [1.165, 1.54) is 16.7 Å². The first-order chi connectivity index (χ1) is 11.2. The second kappa shape index (κ2) is 6.93. The first kappa shape index (κ1) is 16.3. The second-order valence-electron chi connectivity index (χ2n) is 6.16. The van der Waals surface area contributed by atoms with Crippen molar-refractivity contribution in [3.05, 3.63) is 46.2 Å². The van der Waals surface area contributed by atoms with Crippen molar-refractivity contribution in [2.45, 2.75) is 25.3 Å². The van der Waals surface area contributed by atoms with Gasteiger partial charge in [-0.2, -0.15) is 0 Å². The minimum absolute atomic E-state index is 0.369. The van der Waals surface area contributed by atoms with Crippen molar-refractivity contribution in [1.82, 2.24) is 16.2 Å². The molecular weight excluding hydrogens is 306 g/mol. The lowest BCUT2D eigenvalue weighted by Gasteiger charge is -2.28. The predicted octanol–water partition coefficient (Wildman–Crippen LogP) is 2.80. The SMILES string of the molecule is CNCNNC(C=O)(c1cc(-c2cccc(C)c2)cs1)C1CC1. The molecule has 1 aliphatic rings. The van der Waals surface area contributed by atoms with Gasteiger partial charge in [0, 0.05) is 4.88 Å². The van der Waals surface area contributed by atoms with E-state index in [-0.39, 0.29) is 0 Å². The summed E-state index contributed by atoms with van der Waals surface area (Å²) in [5, 5.41) is 5.17. The zero-order chi connectivity index (χ0) is 16.3. The molecular formula is C18H23N3OS. The Balaban J connectivity index is 1.90. The third-order valence-electron chi connectivity index (χ3n) is 4.33. The normalized spacial score (nSPS) is 17.0. The number of hydrogen-bond donors (Lipinski definition) is 3. The fourth-order valence-corrected chi connectivity index (χ4v) is 4.01. The monoisotopic (exact) mass is 329 g/mol. The molecule has 122 valence electrons. The Morgan fingerprint density at radius 3 is 2.78 bits per heavy atom. The molecule has 1 aromatic carbocycles. The van der Waals surface area contributed by atoms with Gasteiger partial charge in [0.15, 0.2) is 0 Å². The van der Waals surface area contributed by atoms with Gasteiger partial charge in [-0.15, -0.1) is 11.3 Å². The molecule has 5 heteroatoms. The maximum absolute atomic E-state index is 12.0. The molecule has 2 aromatic rings. The molecule has 1 aliphatic carbocycles. The molecule has 23 heavy (non-hydrogen) atoms. The van der Waals surface area contributed by atoms with Gasteiger partial charge in [0.25, 0.3) is 0 Å². The average Bonchev–Trinajstić information content (AvgIpc) is 3.29. The van der Waals surface area contributed by atoms with Gasteiger partial charge in [0.05, 0.1) is 6.67 Å². The molecule has 1 heterocycles. The van der Waals surface area contributed by atoms with Crippen LogP contribution >= 0.6 is 11.3 Å². The highest BCUT2D eigenvalue weighted by atomic mass is 32.1. The van der Waals surface area contributed by atoms with Crippen molar-refractivity contribution in [2.24, 2.45) is 5.92 Å². The first-order valence-electron chi connectivity index (χ1n) is 7.96. The Morgan fingerprint density at radius 2 is 2.13 bits per heavy atom. The van der Waals surface area contributed by atoms with Gasteiger partial charge in [-0.05, 0) is 55.3 Å². The lowest BCUT2D eigenvalue weighted by Crippen LogP contribution is -2.54. The molecule has 4 nitrogen and oxygen atoms in total. The summed E-state index contributed by atoms with van der Waals surface area (Å²) in [7, 11) is 1.87. The summed E-state index contributed by atoms with van der Waals surface area (Å²) in [5.41, 5.74) is 9.39. The van der Waals surface area contributed by atoms with Crippen molar-refractivity contribution in [2.75, 3.05) is 13.7 Å². The fourth-order valence-electron chi connectivity index (χ4n) is 2.90. The van der Waals surface area contributed by atoms with Crippen LogP contribution in [0.2, 0.25) is 0 Å². The van der Waals surface area contributed by atoms with Crippen LogP contribution < -0.4 is 16.2 Å². The number of nitrogens with one attached hydrogen (secondary N) is 3. The highest BCUT2D eigenvalue weighted by Crippen LogP contribution is 2.46. The Kier molecular flexibility index (Phi) is 4.92. The highest BCUT2D eigenvalue weighted by molar-refractivity contribution is 7.10. The highest BCUT2D eigenvalue weighted by Gasteiger charge is 2.47. The van der Waals surface area contributed by atoms with Crippen molar-refractivity contribution >= 4 is 17.6 Å². The van der Waals surface area contributed by atoms with E-state index in [9.17, 15) is 4.79 Å². The summed E-state index contributed by atoms with van der Waals surface area (Å²) in [4.78, 5) is 13.1. The van der Waals surface area contributed by atoms with E-state index in [1.54, 1.807) is 11.3 Å². The van der Waals surface area contributed by atoms with Crippen LogP contribution in [0.5, 0.6) is 0 Å². The van der Waals surface area contributed by atoms with Crippen molar-refractivity contribution in [3.63, 3.8) is 0 Å². The number of hydrazine groups is 1. The molecule has 0 bridgehead atoms. The van der Waals surface area contributed by atoms with Crippen LogP contribution in [-0.4, -0.2) is 20.0 Å². The molecule has 0 spiro atoms. The molecule has 1 unspecified atom stereocenters. The summed E-state index contributed by atoms with van der Waals surface area (Å²) in [5.74, 6) is 0.369. The van der Waals surface area contributed by atoms with Gasteiger partial charge in [0.1, 0.15) is 11.8 Å². The Morgan fingerprint density at radius 1 is 1.30 bits per heavy atom. The van der Waals surface area contributed by atoms with E-state index in [1.807, 2.05) is 7.05 Å². The molecule has 1 aromatic heterocycles. The summed E-state index contributed by atoms with van der Waals surface area (Å²) in [6.07, 6.45) is 3.24. The third-order valence-corrected chi connectivity index (χ3v) is 5.41. The second-order valence-corrected chi connectivity index (χ2v) is 7.07. The van der Waals surface area contributed by atoms with E-state index in [4.69, 9.17) is 0 Å². The minimum Gasteiger partial charge on any atom is -0.307 e. The molecule has 1 atom stereocenters. The average molecular weight is 329 g/mol. The van der Waals surface area contributed by atoms with Crippen LogP contribution in [0.3, 0.4) is 0 Å². The fraction of sp³-hybridized carbons (Fsp3) is 0.389. The van der Waals surface area contributed by atoms with Gasteiger partial charge in [-0.25, -0.2) is 10.9 Å². The van der Waals surface area contributed by atoms with Crippen molar-refractivity contribution in [1.29, 1.82) is 0 Å². The van der Waals surface area contributed by atoms with E-state index in [2.05, 4.69) is 58.8 Å². The largest absolute Gasteiger partial charge is 0.307 e. The zero-order valence-electron chi connectivity index (χ0n) is 13.6. The maximum Gasteiger partial charge on any atom is 0.146 e. The minimum atomic E-state index is -0.621. The van der Waals surface area contributed by atoms with Crippen LogP contribution in [0.1, 0.15) is 23.3 Å². The lowest BCUT2D eigenvalue weighted by molar-refractivity contribution is -0.115. The number of benzene rings is 1. The predicted molar refractivity (Wildman–Crippen MR) is 95.2 cm³/mol. The number of aldehydes is 1. The Hall–Kier alpha value is -1.53. The number of thiophene rings is 1. The first-order valence-corrected chi connectivity index (χ1v) is 8.84. The number of hydrogen-bond acceptors (Lipinski definition) is 5. The molecule has 0 aliphatic heterocycles. The third kappa shape index (κ3) is 3.38. The van der Waals surface area contributed by atoms with Crippen molar-refractivity contribution < 1.29 is 4.79 Å². The van der Waals surface area contributed by atoms with Crippen molar-refractivity contribution in [3.8, 4) is 11.1 Å². The smallest absolute Gasteiger partial charge is 0.146 e. The van der Waals surface area contributed by atoms with Gasteiger partial charge in [0.2, 0.25) is 0 Å². The zero-order valence-corrected chi connectivity index (χ0v) is 14.4. The standard InChI is InChI=1S/C18H23N3OS/c1-13-4-3-5-14(8-13)15-9-17(23-10-15)18(11-22,16-6-7-16)21-20-12-19-2/h3-5,8-11,16,19-21H,6-7,12H2,1-2H3. The van der Waals surface area contributed by atoms with E-state index in [0.29, 0.717) is 12.6 Å². The lowest BCUT2D eigenvalue weighted by atomic mass is 9.92. The summed E-state index contributed by atoms with van der Waals surface area (Å²) >= 11 is 1.65. The van der Waals surface area contributed by atoms with Crippen LogP contribution in [-0.2, 0) is 10.3 Å². The molecule has 1 saturated carbocycles. The van der Waals surface area contributed by atoms with Crippen LogP contribution in [0, 0.1) is 12.8 Å². The topological polar surface area (TPSA) is 53.2 Å². The van der Waals surface area contributed by atoms with Gasteiger partial charge >= 0.3 is 0 Å². The molecule has 3 N–H and O–H groups in total. The van der Waals surface area contributed by atoms with Gasteiger partial charge in [-0.1, -0.05) is 29.8 Å². The summed E-state index contributed by atoms with van der Waals surface area (Å²) in [6.45, 7) is 2.71. The number of aryl methyl sites for hydroxylation is 1. The molecule has 3 rings (SSSR count). The summed E-state index contributed by atoms with van der Waals surface area (Å²) in [6, 6.07) is 10.6. The van der Waals surface area contributed by atoms with E-state index in [0.717, 1.165) is 24.0 Å². The number of carbonyl (C=O) groups is 1. The van der Waals surface area contributed by atoms with E-state index >= 15 is 0 Å². The quantitative estimate of drug-likeness (QED) is 0.302. The molecule has 0 saturated heterocycles. The van der Waals surface area contributed by atoms with Crippen LogP contribution in [0.15, 0.2) is 35.7 Å². The Labute approximate surface area is 141 Å². The maximum atomic E-state index is 12.0. The van der Waals surface area contributed by atoms with Gasteiger partial charge in [-0.3, -0.25) is 0 Å². The van der Waals surface area contributed by atoms with Gasteiger partial charge < -0.3 is 10.1 Å². The van der Waals surface area contributed by atoms with Crippen LogP contribution in [0.4, 0.5) is 0 Å². The van der Waals surface area contributed by atoms with E-state index < -0.39 is 5.54 Å². The molecule has 0 amide bonds. The number of carbonyl (C=O) groups excluding carboxylic acids is 1.